The van der Waals surface area contributed by atoms with Gasteiger partial charge in [0.05, 0.1) is 12.6 Å². The Bertz CT molecular complexity index is 243. The highest BCUT2D eigenvalue weighted by atomic mass is 16.3. The lowest BCUT2D eigenvalue weighted by Gasteiger charge is -2.33. The van der Waals surface area contributed by atoms with E-state index < -0.39 is 0 Å². The second kappa shape index (κ2) is 5.15. The third-order valence-electron chi connectivity index (χ3n) is 3.69. The fourth-order valence-corrected chi connectivity index (χ4v) is 2.26. The third kappa shape index (κ3) is 3.19. The van der Waals surface area contributed by atoms with Crippen LogP contribution >= 0.6 is 0 Å². The Kier molecular flexibility index (Phi) is 3.82. The van der Waals surface area contributed by atoms with Crippen molar-refractivity contribution in [3.8, 4) is 0 Å². The van der Waals surface area contributed by atoms with E-state index in [-0.39, 0.29) is 12.0 Å². The van der Waals surface area contributed by atoms with Crippen LogP contribution in [0.1, 0.15) is 32.6 Å². The van der Waals surface area contributed by atoms with Crippen molar-refractivity contribution in [3.05, 3.63) is 0 Å². The van der Waals surface area contributed by atoms with Gasteiger partial charge in [-0.25, -0.2) is 0 Å². The molecule has 0 spiro atoms. The van der Waals surface area contributed by atoms with Crippen molar-refractivity contribution in [3.63, 3.8) is 0 Å². The molecule has 2 fully saturated rings. The van der Waals surface area contributed by atoms with Crippen molar-refractivity contribution < 1.29 is 9.90 Å². The standard InChI is InChI=1S/C12H22N2O2/c1-9(15)10-4-6-14(7-5-10)12(16)8-13-11-2-3-11/h9-11,13,15H,2-8H2,1H3. The fraction of sp³-hybridized carbons (Fsp3) is 0.917. The zero-order valence-electron chi connectivity index (χ0n) is 9.98. The Morgan fingerprint density at radius 1 is 1.38 bits per heavy atom. The van der Waals surface area contributed by atoms with Crippen LogP contribution in [0.2, 0.25) is 0 Å². The van der Waals surface area contributed by atoms with E-state index in [0.29, 0.717) is 18.5 Å². The van der Waals surface area contributed by atoms with E-state index in [1.165, 1.54) is 12.8 Å². The number of nitrogens with one attached hydrogen (secondary N) is 1. The fourth-order valence-electron chi connectivity index (χ4n) is 2.26. The molecule has 1 heterocycles. The molecule has 2 rings (SSSR count). The summed E-state index contributed by atoms with van der Waals surface area (Å²) >= 11 is 0. The van der Waals surface area contributed by atoms with Crippen LogP contribution in [0.3, 0.4) is 0 Å². The van der Waals surface area contributed by atoms with Crippen molar-refractivity contribution in [2.75, 3.05) is 19.6 Å². The van der Waals surface area contributed by atoms with Gasteiger partial charge in [-0.2, -0.15) is 0 Å². The maximum atomic E-state index is 11.8. The average Bonchev–Trinajstić information content (AvgIpc) is 3.10. The molecule has 4 nitrogen and oxygen atoms in total. The van der Waals surface area contributed by atoms with E-state index in [2.05, 4.69) is 5.32 Å². The van der Waals surface area contributed by atoms with Gasteiger partial charge in [-0.05, 0) is 38.5 Å². The van der Waals surface area contributed by atoms with Crippen LogP contribution in [0.25, 0.3) is 0 Å². The van der Waals surface area contributed by atoms with Gasteiger partial charge in [0, 0.05) is 19.1 Å². The lowest BCUT2D eigenvalue weighted by atomic mass is 9.92. The molecule has 0 aromatic heterocycles. The molecular weight excluding hydrogens is 204 g/mol. The van der Waals surface area contributed by atoms with Gasteiger partial charge in [0.15, 0.2) is 0 Å². The molecule has 0 aromatic rings. The van der Waals surface area contributed by atoms with E-state index in [9.17, 15) is 9.90 Å². The lowest BCUT2D eigenvalue weighted by Crippen LogP contribution is -2.44. The van der Waals surface area contributed by atoms with E-state index >= 15 is 0 Å². The molecule has 2 aliphatic rings. The quantitative estimate of drug-likeness (QED) is 0.727. The first-order valence-electron chi connectivity index (χ1n) is 6.36. The third-order valence-corrected chi connectivity index (χ3v) is 3.69. The smallest absolute Gasteiger partial charge is 0.236 e. The minimum Gasteiger partial charge on any atom is -0.393 e. The maximum Gasteiger partial charge on any atom is 0.236 e. The second-order valence-electron chi connectivity index (χ2n) is 5.11. The van der Waals surface area contributed by atoms with Gasteiger partial charge in [-0.3, -0.25) is 4.79 Å². The molecule has 16 heavy (non-hydrogen) atoms. The van der Waals surface area contributed by atoms with E-state index in [0.717, 1.165) is 25.9 Å². The number of hydrogen-bond donors (Lipinski definition) is 2. The van der Waals surface area contributed by atoms with Crippen LogP contribution in [0, 0.1) is 5.92 Å². The van der Waals surface area contributed by atoms with Crippen molar-refractivity contribution in [2.45, 2.75) is 44.8 Å². The highest BCUT2D eigenvalue weighted by Gasteiger charge is 2.27. The molecule has 0 bridgehead atoms. The maximum absolute atomic E-state index is 11.8. The Labute approximate surface area is 97.0 Å². The molecular formula is C12H22N2O2. The number of aliphatic hydroxyl groups excluding tert-OH is 1. The predicted molar refractivity (Wildman–Crippen MR) is 62.0 cm³/mol. The minimum atomic E-state index is -0.234. The van der Waals surface area contributed by atoms with Gasteiger partial charge in [0.2, 0.25) is 5.91 Å². The molecule has 0 radical (unpaired) electrons. The minimum absolute atomic E-state index is 0.218. The summed E-state index contributed by atoms with van der Waals surface area (Å²) in [6.45, 7) is 3.95. The number of hydrogen-bond acceptors (Lipinski definition) is 3. The van der Waals surface area contributed by atoms with E-state index in [1.54, 1.807) is 0 Å². The van der Waals surface area contributed by atoms with Gasteiger partial charge >= 0.3 is 0 Å². The molecule has 1 amide bonds. The Morgan fingerprint density at radius 2 is 2.00 bits per heavy atom. The summed E-state index contributed by atoms with van der Waals surface area (Å²) in [6.07, 6.45) is 4.08. The van der Waals surface area contributed by atoms with Crippen LogP contribution in [0.15, 0.2) is 0 Å². The second-order valence-corrected chi connectivity index (χ2v) is 5.11. The molecule has 1 saturated heterocycles. The number of likely N-dealkylation sites (tertiary alicyclic amines) is 1. The summed E-state index contributed by atoms with van der Waals surface area (Å²) in [5.41, 5.74) is 0. The summed E-state index contributed by atoms with van der Waals surface area (Å²) in [5, 5.41) is 12.7. The number of carbonyl (C=O) groups excluding carboxylic acids is 1. The summed E-state index contributed by atoms with van der Waals surface area (Å²) in [5.74, 6) is 0.594. The Hall–Kier alpha value is -0.610. The first-order valence-corrected chi connectivity index (χ1v) is 6.36. The molecule has 1 unspecified atom stereocenters. The highest BCUT2D eigenvalue weighted by Crippen LogP contribution is 2.21. The first-order chi connectivity index (χ1) is 7.66. The van der Waals surface area contributed by atoms with E-state index in [1.807, 2.05) is 11.8 Å². The molecule has 1 aliphatic heterocycles. The van der Waals surface area contributed by atoms with E-state index in [4.69, 9.17) is 0 Å². The SMILES string of the molecule is CC(O)C1CCN(C(=O)CNC2CC2)CC1. The zero-order valence-corrected chi connectivity index (χ0v) is 9.98. The van der Waals surface area contributed by atoms with Crippen molar-refractivity contribution in [1.82, 2.24) is 10.2 Å². The van der Waals surface area contributed by atoms with Gasteiger partial charge < -0.3 is 15.3 Å². The number of amides is 1. The van der Waals surface area contributed by atoms with Crippen LogP contribution in [-0.2, 0) is 4.79 Å². The molecule has 4 heteroatoms. The highest BCUT2D eigenvalue weighted by molar-refractivity contribution is 5.78. The molecule has 1 aliphatic carbocycles. The first kappa shape index (κ1) is 11.9. The number of aliphatic hydroxyl groups is 1. The Morgan fingerprint density at radius 3 is 2.50 bits per heavy atom. The average molecular weight is 226 g/mol. The molecule has 0 aromatic carbocycles. The molecule has 2 N–H and O–H groups in total. The van der Waals surface area contributed by atoms with Crippen molar-refractivity contribution in [2.24, 2.45) is 5.92 Å². The van der Waals surface area contributed by atoms with Gasteiger partial charge in [0.25, 0.3) is 0 Å². The normalized spacial score (nSPS) is 24.5. The zero-order chi connectivity index (χ0) is 11.5. The van der Waals surface area contributed by atoms with Crippen LogP contribution in [-0.4, -0.2) is 47.7 Å². The monoisotopic (exact) mass is 226 g/mol. The Balaban J connectivity index is 1.68. The molecule has 1 saturated carbocycles. The topological polar surface area (TPSA) is 52.6 Å². The summed E-state index contributed by atoms with van der Waals surface area (Å²) < 4.78 is 0. The van der Waals surface area contributed by atoms with Crippen molar-refractivity contribution >= 4 is 5.91 Å². The number of rotatable bonds is 4. The summed E-state index contributed by atoms with van der Waals surface area (Å²) in [6, 6.07) is 0.596. The summed E-state index contributed by atoms with van der Waals surface area (Å²) in [7, 11) is 0. The van der Waals surface area contributed by atoms with Crippen molar-refractivity contribution in [1.29, 1.82) is 0 Å². The van der Waals surface area contributed by atoms with Crippen LogP contribution in [0.4, 0.5) is 0 Å². The summed E-state index contributed by atoms with van der Waals surface area (Å²) in [4.78, 5) is 13.7. The number of nitrogens with zero attached hydrogens (tertiary/aromatic N) is 1. The largest absolute Gasteiger partial charge is 0.393 e. The lowest BCUT2D eigenvalue weighted by molar-refractivity contribution is -0.132. The number of carbonyl (C=O) groups is 1. The molecule has 1 atom stereocenters. The van der Waals surface area contributed by atoms with Gasteiger partial charge in [-0.1, -0.05) is 0 Å². The van der Waals surface area contributed by atoms with Crippen LogP contribution < -0.4 is 5.32 Å². The van der Waals surface area contributed by atoms with Crippen LogP contribution in [0.5, 0.6) is 0 Å². The predicted octanol–water partition coefficient (Wildman–Crippen LogP) is 0.358. The van der Waals surface area contributed by atoms with Gasteiger partial charge in [-0.15, -0.1) is 0 Å². The molecule has 92 valence electrons. The van der Waals surface area contributed by atoms with Gasteiger partial charge in [0.1, 0.15) is 0 Å². The number of piperidine rings is 1.